The van der Waals surface area contributed by atoms with E-state index >= 15 is 0 Å². The number of aromatic nitrogens is 3. The van der Waals surface area contributed by atoms with Gasteiger partial charge < -0.3 is 0 Å². The van der Waals surface area contributed by atoms with Crippen molar-refractivity contribution in [2.24, 2.45) is 0 Å². The van der Waals surface area contributed by atoms with Gasteiger partial charge in [-0.05, 0) is 32.9 Å². The van der Waals surface area contributed by atoms with Gasteiger partial charge in [-0.25, -0.2) is 9.67 Å². The zero-order valence-corrected chi connectivity index (χ0v) is 13.5. The SMILES string of the molecule is CCN(CC)C(CC)(CC)C(=O)Cc1ncnn1CC. The number of rotatable bonds is 9. The molecule has 1 aromatic rings. The third-order valence-electron chi connectivity index (χ3n) is 4.37. The largest absolute Gasteiger partial charge is 0.297 e. The van der Waals surface area contributed by atoms with Gasteiger partial charge >= 0.3 is 0 Å². The van der Waals surface area contributed by atoms with Gasteiger partial charge in [-0.2, -0.15) is 5.10 Å². The van der Waals surface area contributed by atoms with Crippen LogP contribution in [0.3, 0.4) is 0 Å². The lowest BCUT2D eigenvalue weighted by atomic mass is 9.84. The van der Waals surface area contributed by atoms with Gasteiger partial charge in [0.05, 0.1) is 12.0 Å². The zero-order valence-electron chi connectivity index (χ0n) is 13.5. The van der Waals surface area contributed by atoms with Gasteiger partial charge in [-0.15, -0.1) is 0 Å². The number of likely N-dealkylation sites (N-methyl/N-ethyl adjacent to an activating group) is 1. The molecule has 0 N–H and O–H groups in total. The molecule has 1 aromatic heterocycles. The van der Waals surface area contributed by atoms with Gasteiger partial charge in [0.15, 0.2) is 5.78 Å². The minimum absolute atomic E-state index is 0.258. The van der Waals surface area contributed by atoms with E-state index in [1.807, 2.05) is 6.92 Å². The highest BCUT2D eigenvalue weighted by molar-refractivity contribution is 5.89. The fourth-order valence-corrected chi connectivity index (χ4v) is 3.09. The molecule has 1 heterocycles. The molecule has 0 aliphatic carbocycles. The number of carbonyl (C=O) groups is 1. The Bertz CT molecular complexity index is 419. The molecule has 0 spiro atoms. The highest BCUT2D eigenvalue weighted by Crippen LogP contribution is 2.26. The molecule has 0 radical (unpaired) electrons. The molecule has 5 nitrogen and oxygen atoms in total. The lowest BCUT2D eigenvalue weighted by molar-refractivity contribution is -0.131. The first kappa shape index (κ1) is 16.8. The maximum absolute atomic E-state index is 12.9. The van der Waals surface area contributed by atoms with Crippen molar-refractivity contribution in [2.75, 3.05) is 13.1 Å². The average Bonchev–Trinajstić information content (AvgIpc) is 2.91. The summed E-state index contributed by atoms with van der Waals surface area (Å²) in [4.78, 5) is 19.4. The standard InChI is InChI=1S/C15H28N4O/c1-6-15(7-2,18(8-3)9-4)13(20)11-14-16-12-17-19(14)10-5/h12H,6-11H2,1-5H3. The number of carbonyl (C=O) groups excluding carboxylic acids is 1. The van der Waals surface area contributed by atoms with E-state index in [4.69, 9.17) is 0 Å². The van der Waals surface area contributed by atoms with Crippen LogP contribution in [0.2, 0.25) is 0 Å². The van der Waals surface area contributed by atoms with Crippen LogP contribution in [0.4, 0.5) is 0 Å². The lowest BCUT2D eigenvalue weighted by Gasteiger charge is -2.41. The number of hydrogen-bond acceptors (Lipinski definition) is 4. The molecule has 0 bridgehead atoms. The van der Waals surface area contributed by atoms with Crippen molar-refractivity contribution in [1.82, 2.24) is 19.7 Å². The molecular weight excluding hydrogens is 252 g/mol. The smallest absolute Gasteiger partial charge is 0.160 e. The number of ketones is 1. The fraction of sp³-hybridized carbons (Fsp3) is 0.800. The van der Waals surface area contributed by atoms with Crippen molar-refractivity contribution in [3.63, 3.8) is 0 Å². The maximum atomic E-state index is 12.9. The number of nitrogens with zero attached hydrogens (tertiary/aromatic N) is 4. The van der Waals surface area contributed by atoms with Crippen molar-refractivity contribution in [3.05, 3.63) is 12.2 Å². The molecular formula is C15H28N4O. The van der Waals surface area contributed by atoms with Crippen molar-refractivity contribution in [3.8, 4) is 0 Å². The summed E-state index contributed by atoms with van der Waals surface area (Å²) in [5.74, 6) is 1.03. The van der Waals surface area contributed by atoms with E-state index in [2.05, 4.69) is 42.7 Å². The first-order valence-corrected chi connectivity index (χ1v) is 7.74. The first-order chi connectivity index (χ1) is 9.59. The minimum Gasteiger partial charge on any atom is -0.297 e. The zero-order chi connectivity index (χ0) is 15.2. The van der Waals surface area contributed by atoms with E-state index in [9.17, 15) is 4.79 Å². The minimum atomic E-state index is -0.367. The van der Waals surface area contributed by atoms with Gasteiger partial charge in [0.25, 0.3) is 0 Å². The van der Waals surface area contributed by atoms with Crippen LogP contribution in [-0.2, 0) is 17.8 Å². The molecule has 0 amide bonds. The molecule has 1 rings (SSSR count). The number of Topliss-reactive ketones (excluding diaryl/α,β-unsaturated/α-hetero) is 1. The van der Waals surface area contributed by atoms with Gasteiger partial charge in [-0.3, -0.25) is 9.69 Å². The normalized spacial score (nSPS) is 12.1. The van der Waals surface area contributed by atoms with Gasteiger partial charge in [0.2, 0.25) is 0 Å². The average molecular weight is 280 g/mol. The molecule has 0 saturated carbocycles. The van der Waals surface area contributed by atoms with Crippen molar-refractivity contribution in [2.45, 2.75) is 66.0 Å². The third-order valence-corrected chi connectivity index (χ3v) is 4.37. The first-order valence-electron chi connectivity index (χ1n) is 7.74. The Morgan fingerprint density at radius 3 is 2.25 bits per heavy atom. The van der Waals surface area contributed by atoms with Crippen molar-refractivity contribution in [1.29, 1.82) is 0 Å². The van der Waals surface area contributed by atoms with Crippen molar-refractivity contribution < 1.29 is 4.79 Å². The Hall–Kier alpha value is -1.23. The van der Waals surface area contributed by atoms with E-state index in [0.717, 1.165) is 38.3 Å². The van der Waals surface area contributed by atoms with Crippen LogP contribution in [-0.4, -0.2) is 44.1 Å². The number of aryl methyl sites for hydroxylation is 1. The van der Waals surface area contributed by atoms with Gasteiger partial charge in [0.1, 0.15) is 12.2 Å². The molecule has 114 valence electrons. The van der Waals surface area contributed by atoms with Gasteiger partial charge in [0, 0.05) is 6.54 Å². The summed E-state index contributed by atoms with van der Waals surface area (Å²) in [6.07, 6.45) is 3.57. The molecule has 0 aliphatic rings. The van der Waals surface area contributed by atoms with Crippen LogP contribution in [0, 0.1) is 0 Å². The quantitative estimate of drug-likeness (QED) is 0.696. The molecule has 0 aromatic carbocycles. The second kappa shape index (κ2) is 7.53. The summed E-state index contributed by atoms with van der Waals surface area (Å²) >= 11 is 0. The van der Waals surface area contributed by atoms with E-state index in [-0.39, 0.29) is 11.3 Å². The molecule has 0 aliphatic heterocycles. The van der Waals surface area contributed by atoms with E-state index < -0.39 is 0 Å². The fourth-order valence-electron chi connectivity index (χ4n) is 3.09. The van der Waals surface area contributed by atoms with Crippen LogP contribution < -0.4 is 0 Å². The Kier molecular flexibility index (Phi) is 6.33. The Morgan fingerprint density at radius 2 is 1.80 bits per heavy atom. The summed E-state index contributed by atoms with van der Waals surface area (Å²) in [6, 6.07) is 0. The molecule has 0 unspecified atom stereocenters. The van der Waals surface area contributed by atoms with Crippen LogP contribution in [0.5, 0.6) is 0 Å². The summed E-state index contributed by atoms with van der Waals surface area (Å²) in [5, 5.41) is 4.15. The second-order valence-electron chi connectivity index (χ2n) is 5.00. The Balaban J connectivity index is 3.00. The predicted molar refractivity (Wildman–Crippen MR) is 80.6 cm³/mol. The summed E-state index contributed by atoms with van der Waals surface area (Å²) in [5.41, 5.74) is -0.367. The van der Waals surface area contributed by atoms with E-state index in [1.54, 1.807) is 4.68 Å². The maximum Gasteiger partial charge on any atom is 0.160 e. The van der Waals surface area contributed by atoms with E-state index in [0.29, 0.717) is 6.42 Å². The van der Waals surface area contributed by atoms with Crippen LogP contribution in [0.25, 0.3) is 0 Å². The Morgan fingerprint density at radius 1 is 1.20 bits per heavy atom. The van der Waals surface area contributed by atoms with Crippen LogP contribution >= 0.6 is 0 Å². The van der Waals surface area contributed by atoms with Crippen LogP contribution in [0.1, 0.15) is 53.3 Å². The van der Waals surface area contributed by atoms with Gasteiger partial charge in [-0.1, -0.05) is 27.7 Å². The summed E-state index contributed by atoms with van der Waals surface area (Å²) in [6.45, 7) is 13.0. The Labute approximate surface area is 122 Å². The molecule has 0 saturated heterocycles. The van der Waals surface area contributed by atoms with Crippen molar-refractivity contribution >= 4 is 5.78 Å². The number of hydrogen-bond donors (Lipinski definition) is 0. The highest BCUT2D eigenvalue weighted by Gasteiger charge is 2.39. The molecule has 5 heteroatoms. The highest BCUT2D eigenvalue weighted by atomic mass is 16.1. The molecule has 0 fully saturated rings. The third kappa shape index (κ3) is 3.08. The second-order valence-corrected chi connectivity index (χ2v) is 5.00. The molecule has 0 atom stereocenters. The van der Waals surface area contributed by atoms with E-state index in [1.165, 1.54) is 6.33 Å². The topological polar surface area (TPSA) is 51.0 Å². The van der Waals surface area contributed by atoms with Crippen LogP contribution in [0.15, 0.2) is 6.33 Å². The predicted octanol–water partition coefficient (Wildman–Crippen LogP) is 2.31. The summed E-state index contributed by atoms with van der Waals surface area (Å²) < 4.78 is 1.80. The lowest BCUT2D eigenvalue weighted by Crippen LogP contribution is -2.54. The molecule has 20 heavy (non-hydrogen) atoms. The monoisotopic (exact) mass is 280 g/mol. The summed E-state index contributed by atoms with van der Waals surface area (Å²) in [7, 11) is 0.